The van der Waals surface area contributed by atoms with Crippen molar-refractivity contribution in [3.63, 3.8) is 0 Å². The van der Waals surface area contributed by atoms with Crippen molar-refractivity contribution in [2.75, 3.05) is 12.4 Å². The Hall–Kier alpha value is -1.91. The van der Waals surface area contributed by atoms with Gasteiger partial charge in [-0.25, -0.2) is 15.0 Å². The van der Waals surface area contributed by atoms with Gasteiger partial charge < -0.3 is 9.88 Å². The fraction of sp³-hybridized carbons (Fsp3) is 0.462. The van der Waals surface area contributed by atoms with Crippen molar-refractivity contribution in [1.29, 1.82) is 0 Å². The lowest BCUT2D eigenvalue weighted by atomic mass is 10.2. The summed E-state index contributed by atoms with van der Waals surface area (Å²) >= 11 is 0. The van der Waals surface area contributed by atoms with Crippen LogP contribution in [0.25, 0.3) is 11.5 Å². The van der Waals surface area contributed by atoms with Crippen molar-refractivity contribution in [3.8, 4) is 11.5 Å². The summed E-state index contributed by atoms with van der Waals surface area (Å²) in [7, 11) is 1.88. The predicted molar refractivity (Wildman–Crippen MR) is 72.6 cm³/mol. The highest BCUT2D eigenvalue weighted by atomic mass is 15.1. The van der Waals surface area contributed by atoms with Crippen molar-refractivity contribution in [2.24, 2.45) is 0 Å². The fourth-order valence-corrected chi connectivity index (χ4v) is 1.91. The van der Waals surface area contributed by atoms with E-state index >= 15 is 0 Å². The minimum Gasteiger partial charge on any atom is -0.373 e. The second-order valence-electron chi connectivity index (χ2n) is 4.33. The molecule has 0 radical (unpaired) electrons. The zero-order valence-electron chi connectivity index (χ0n) is 11.4. The first-order valence-electron chi connectivity index (χ1n) is 6.20. The summed E-state index contributed by atoms with van der Waals surface area (Å²) in [5.74, 6) is 1.61. The molecule has 0 bridgehead atoms. The SMILES string of the molecule is CCCn1cncc1-c1nc(C)c(C)c(NC)n1. The van der Waals surface area contributed by atoms with Gasteiger partial charge in [-0.1, -0.05) is 6.92 Å². The van der Waals surface area contributed by atoms with E-state index in [1.54, 1.807) is 0 Å². The van der Waals surface area contributed by atoms with E-state index in [0.717, 1.165) is 41.6 Å². The summed E-state index contributed by atoms with van der Waals surface area (Å²) in [5.41, 5.74) is 3.05. The number of aryl methyl sites for hydroxylation is 2. The monoisotopic (exact) mass is 245 g/mol. The van der Waals surface area contributed by atoms with Crippen LogP contribution in [0, 0.1) is 13.8 Å². The molecule has 2 aromatic heterocycles. The van der Waals surface area contributed by atoms with Crippen molar-refractivity contribution in [1.82, 2.24) is 19.5 Å². The summed E-state index contributed by atoms with van der Waals surface area (Å²) in [6, 6.07) is 0. The largest absolute Gasteiger partial charge is 0.373 e. The molecule has 0 aliphatic heterocycles. The Morgan fingerprint density at radius 1 is 1.28 bits per heavy atom. The van der Waals surface area contributed by atoms with E-state index in [2.05, 4.69) is 31.8 Å². The third kappa shape index (κ3) is 2.20. The first kappa shape index (κ1) is 12.5. The van der Waals surface area contributed by atoms with Crippen LogP contribution in [0.3, 0.4) is 0 Å². The Kier molecular flexibility index (Phi) is 3.60. The van der Waals surface area contributed by atoms with Crippen LogP contribution in [0.4, 0.5) is 5.82 Å². The Morgan fingerprint density at radius 2 is 2.06 bits per heavy atom. The molecule has 2 rings (SSSR count). The summed E-state index contributed by atoms with van der Waals surface area (Å²) in [6.07, 6.45) is 4.71. The van der Waals surface area contributed by atoms with Crippen molar-refractivity contribution in [2.45, 2.75) is 33.7 Å². The van der Waals surface area contributed by atoms with Gasteiger partial charge in [-0.05, 0) is 20.3 Å². The number of rotatable bonds is 4. The van der Waals surface area contributed by atoms with Crippen molar-refractivity contribution >= 4 is 5.82 Å². The molecule has 0 aliphatic carbocycles. The molecule has 2 aromatic rings. The van der Waals surface area contributed by atoms with Gasteiger partial charge in [-0.3, -0.25) is 0 Å². The molecule has 0 aliphatic rings. The van der Waals surface area contributed by atoms with Gasteiger partial charge >= 0.3 is 0 Å². The maximum Gasteiger partial charge on any atom is 0.180 e. The van der Waals surface area contributed by atoms with E-state index in [1.165, 1.54) is 0 Å². The van der Waals surface area contributed by atoms with Crippen LogP contribution in [-0.4, -0.2) is 26.6 Å². The predicted octanol–water partition coefficient (Wildman–Crippen LogP) is 2.41. The van der Waals surface area contributed by atoms with Crippen LogP contribution >= 0.6 is 0 Å². The normalized spacial score (nSPS) is 10.7. The Balaban J connectivity index is 2.50. The van der Waals surface area contributed by atoms with E-state index < -0.39 is 0 Å². The van der Waals surface area contributed by atoms with Gasteiger partial charge in [0.15, 0.2) is 5.82 Å². The highest BCUT2D eigenvalue weighted by Crippen LogP contribution is 2.21. The molecule has 0 saturated carbocycles. The van der Waals surface area contributed by atoms with Crippen molar-refractivity contribution < 1.29 is 0 Å². The highest BCUT2D eigenvalue weighted by Gasteiger charge is 2.12. The number of anilines is 1. The molecule has 1 N–H and O–H groups in total. The third-order valence-electron chi connectivity index (χ3n) is 3.03. The van der Waals surface area contributed by atoms with Gasteiger partial charge in [0.05, 0.1) is 12.5 Å². The zero-order chi connectivity index (χ0) is 13.1. The first-order valence-corrected chi connectivity index (χ1v) is 6.20. The number of nitrogens with one attached hydrogen (secondary N) is 1. The maximum atomic E-state index is 4.55. The molecule has 5 nitrogen and oxygen atoms in total. The van der Waals surface area contributed by atoms with Gasteiger partial charge in [-0.2, -0.15) is 0 Å². The zero-order valence-corrected chi connectivity index (χ0v) is 11.4. The highest BCUT2D eigenvalue weighted by molar-refractivity contribution is 5.55. The average Bonchev–Trinajstić information content (AvgIpc) is 2.81. The van der Waals surface area contributed by atoms with Gasteiger partial charge in [-0.15, -0.1) is 0 Å². The molecule has 0 atom stereocenters. The third-order valence-corrected chi connectivity index (χ3v) is 3.03. The molecular formula is C13H19N5. The Morgan fingerprint density at radius 3 is 2.72 bits per heavy atom. The van der Waals surface area contributed by atoms with Crippen LogP contribution in [-0.2, 0) is 6.54 Å². The molecule has 18 heavy (non-hydrogen) atoms. The molecule has 0 amide bonds. The minimum atomic E-state index is 0.730. The lowest BCUT2D eigenvalue weighted by molar-refractivity contribution is 0.681. The molecule has 0 fully saturated rings. The van der Waals surface area contributed by atoms with Gasteiger partial charge in [0.1, 0.15) is 11.5 Å². The van der Waals surface area contributed by atoms with Crippen LogP contribution in [0.2, 0.25) is 0 Å². The maximum absolute atomic E-state index is 4.55. The van der Waals surface area contributed by atoms with Gasteiger partial charge in [0, 0.05) is 24.8 Å². The number of hydrogen-bond donors (Lipinski definition) is 1. The van der Waals surface area contributed by atoms with Crippen LogP contribution in [0.5, 0.6) is 0 Å². The topological polar surface area (TPSA) is 55.6 Å². The van der Waals surface area contributed by atoms with E-state index in [-0.39, 0.29) is 0 Å². The molecule has 0 aromatic carbocycles. The standard InChI is InChI=1S/C13H19N5/c1-5-6-18-8-15-7-11(18)13-16-10(3)9(2)12(14-4)17-13/h7-8H,5-6H2,1-4H3,(H,14,16,17). The van der Waals surface area contributed by atoms with E-state index in [0.29, 0.717) is 0 Å². The lowest BCUT2D eigenvalue weighted by Crippen LogP contribution is -2.05. The molecule has 2 heterocycles. The summed E-state index contributed by atoms with van der Waals surface area (Å²) in [5, 5.41) is 3.11. The minimum absolute atomic E-state index is 0.730. The number of nitrogens with zero attached hydrogens (tertiary/aromatic N) is 4. The van der Waals surface area contributed by atoms with Crippen LogP contribution in [0.1, 0.15) is 24.6 Å². The second kappa shape index (κ2) is 5.16. The average molecular weight is 245 g/mol. The molecule has 5 heteroatoms. The Labute approximate surface area is 107 Å². The second-order valence-corrected chi connectivity index (χ2v) is 4.33. The van der Waals surface area contributed by atoms with Crippen LogP contribution in [0.15, 0.2) is 12.5 Å². The van der Waals surface area contributed by atoms with E-state index in [4.69, 9.17) is 0 Å². The summed E-state index contributed by atoms with van der Waals surface area (Å²) in [6.45, 7) is 7.10. The van der Waals surface area contributed by atoms with Gasteiger partial charge in [0.25, 0.3) is 0 Å². The molecule has 0 spiro atoms. The molecule has 96 valence electrons. The summed E-state index contributed by atoms with van der Waals surface area (Å²) in [4.78, 5) is 13.3. The summed E-state index contributed by atoms with van der Waals surface area (Å²) < 4.78 is 2.09. The smallest absolute Gasteiger partial charge is 0.180 e. The number of hydrogen-bond acceptors (Lipinski definition) is 4. The van der Waals surface area contributed by atoms with Crippen LogP contribution < -0.4 is 5.32 Å². The molecule has 0 saturated heterocycles. The molecular weight excluding hydrogens is 226 g/mol. The van der Waals surface area contributed by atoms with Crippen molar-refractivity contribution in [3.05, 3.63) is 23.8 Å². The first-order chi connectivity index (χ1) is 8.67. The van der Waals surface area contributed by atoms with E-state index in [1.807, 2.05) is 33.4 Å². The quantitative estimate of drug-likeness (QED) is 0.898. The number of aromatic nitrogens is 4. The van der Waals surface area contributed by atoms with E-state index in [9.17, 15) is 0 Å². The fourth-order valence-electron chi connectivity index (χ4n) is 1.91. The van der Waals surface area contributed by atoms with Gasteiger partial charge in [0.2, 0.25) is 0 Å². The Bertz CT molecular complexity index is 544. The number of imidazole rings is 1. The molecule has 0 unspecified atom stereocenters. The lowest BCUT2D eigenvalue weighted by Gasteiger charge is -2.11.